The van der Waals surface area contributed by atoms with Gasteiger partial charge in [0.25, 0.3) is 5.56 Å². The first-order valence-electron chi connectivity index (χ1n) is 5.74. The molecule has 0 bridgehead atoms. The maximum Gasteiger partial charge on any atom is 0.264 e. The first kappa shape index (κ1) is 11.5. The van der Waals surface area contributed by atoms with Crippen molar-refractivity contribution in [1.29, 1.82) is 0 Å². The van der Waals surface area contributed by atoms with Gasteiger partial charge >= 0.3 is 0 Å². The van der Waals surface area contributed by atoms with Crippen LogP contribution < -0.4 is 10.3 Å². The molecule has 0 fully saturated rings. The summed E-state index contributed by atoms with van der Waals surface area (Å²) in [5, 5.41) is 4.72. The average molecular weight is 256 g/mol. The number of hydrogen-bond donors (Lipinski definition) is 0. The molecule has 3 rings (SSSR count). The fourth-order valence-electron chi connectivity index (χ4n) is 1.91. The van der Waals surface area contributed by atoms with Gasteiger partial charge in [0.15, 0.2) is 5.65 Å². The van der Waals surface area contributed by atoms with Crippen LogP contribution >= 0.6 is 0 Å². The highest BCUT2D eigenvalue weighted by Crippen LogP contribution is 2.17. The van der Waals surface area contributed by atoms with E-state index in [2.05, 4.69) is 10.1 Å². The summed E-state index contributed by atoms with van der Waals surface area (Å²) < 4.78 is 8.18. The lowest BCUT2D eigenvalue weighted by molar-refractivity contribution is 0.414. The Morgan fingerprint density at radius 3 is 2.63 bits per heavy atom. The molecular weight excluding hydrogens is 244 g/mol. The Labute approximate surface area is 108 Å². The summed E-state index contributed by atoms with van der Waals surface area (Å²) in [6, 6.07) is 7.41. The van der Waals surface area contributed by atoms with Crippen LogP contribution in [-0.4, -0.2) is 26.4 Å². The molecule has 1 aromatic carbocycles. The third kappa shape index (κ3) is 1.77. The van der Waals surface area contributed by atoms with Crippen molar-refractivity contribution < 1.29 is 4.74 Å². The third-order valence-electron chi connectivity index (χ3n) is 2.96. The van der Waals surface area contributed by atoms with Crippen LogP contribution in [0, 0.1) is 0 Å². The lowest BCUT2D eigenvalue weighted by Crippen LogP contribution is -2.16. The summed E-state index contributed by atoms with van der Waals surface area (Å²) in [5.74, 6) is 0.768. The zero-order chi connectivity index (χ0) is 13.4. The minimum atomic E-state index is -0.107. The topological polar surface area (TPSA) is 61.9 Å². The highest BCUT2D eigenvalue weighted by atomic mass is 16.5. The van der Waals surface area contributed by atoms with E-state index in [1.807, 2.05) is 24.3 Å². The minimum absolute atomic E-state index is 0.107. The normalized spacial score (nSPS) is 10.8. The third-order valence-corrected chi connectivity index (χ3v) is 2.96. The van der Waals surface area contributed by atoms with Crippen molar-refractivity contribution in [2.24, 2.45) is 7.05 Å². The molecular formula is C13H12N4O2. The molecule has 19 heavy (non-hydrogen) atoms. The molecule has 2 heterocycles. The zero-order valence-electron chi connectivity index (χ0n) is 10.6. The van der Waals surface area contributed by atoms with Crippen LogP contribution in [0.4, 0.5) is 0 Å². The monoisotopic (exact) mass is 256 g/mol. The van der Waals surface area contributed by atoms with Crippen LogP contribution in [0.15, 0.2) is 41.6 Å². The van der Waals surface area contributed by atoms with Crippen LogP contribution in [0.25, 0.3) is 16.7 Å². The number of nitrogens with zero attached hydrogens (tertiary/aromatic N) is 4. The van der Waals surface area contributed by atoms with E-state index in [0.717, 1.165) is 11.4 Å². The van der Waals surface area contributed by atoms with E-state index in [9.17, 15) is 4.79 Å². The zero-order valence-corrected chi connectivity index (χ0v) is 10.6. The van der Waals surface area contributed by atoms with Crippen LogP contribution in [0.2, 0.25) is 0 Å². The van der Waals surface area contributed by atoms with Gasteiger partial charge in [-0.05, 0) is 24.3 Å². The summed E-state index contributed by atoms with van der Waals surface area (Å²) in [7, 11) is 3.28. The van der Waals surface area contributed by atoms with Crippen LogP contribution in [0.5, 0.6) is 5.75 Å². The number of benzene rings is 1. The number of hydrogen-bond acceptors (Lipinski definition) is 4. The summed E-state index contributed by atoms with van der Waals surface area (Å²) in [6.45, 7) is 0. The van der Waals surface area contributed by atoms with Crippen molar-refractivity contribution in [2.45, 2.75) is 0 Å². The Hall–Kier alpha value is -2.63. The second kappa shape index (κ2) is 4.24. The minimum Gasteiger partial charge on any atom is -0.497 e. The van der Waals surface area contributed by atoms with Gasteiger partial charge in [-0.1, -0.05) is 0 Å². The molecule has 6 nitrogen and oxygen atoms in total. The van der Waals surface area contributed by atoms with Gasteiger partial charge in [-0.15, -0.1) is 0 Å². The summed E-state index contributed by atoms with van der Waals surface area (Å²) in [4.78, 5) is 16.2. The molecule has 0 aliphatic rings. The van der Waals surface area contributed by atoms with Crippen molar-refractivity contribution in [3.05, 3.63) is 47.1 Å². The maximum absolute atomic E-state index is 11.9. The molecule has 0 saturated carbocycles. The highest BCUT2D eigenvalue weighted by Gasteiger charge is 2.09. The molecule has 0 aliphatic heterocycles. The van der Waals surface area contributed by atoms with Gasteiger partial charge < -0.3 is 9.30 Å². The fraction of sp³-hybridized carbons (Fsp3) is 0.154. The van der Waals surface area contributed by atoms with Gasteiger partial charge in [0.05, 0.1) is 25.3 Å². The van der Waals surface area contributed by atoms with Crippen molar-refractivity contribution >= 4 is 11.0 Å². The predicted molar refractivity (Wildman–Crippen MR) is 70.7 cm³/mol. The van der Waals surface area contributed by atoms with E-state index in [-0.39, 0.29) is 5.56 Å². The second-order valence-corrected chi connectivity index (χ2v) is 4.15. The number of methoxy groups -OCH3 is 1. The summed E-state index contributed by atoms with van der Waals surface area (Å²) in [5.41, 5.74) is 1.27. The van der Waals surface area contributed by atoms with E-state index >= 15 is 0 Å². The highest BCUT2D eigenvalue weighted by molar-refractivity contribution is 5.74. The Bertz CT molecular complexity index is 787. The van der Waals surface area contributed by atoms with E-state index < -0.39 is 0 Å². The average Bonchev–Trinajstić information content (AvgIpc) is 2.87. The van der Waals surface area contributed by atoms with Gasteiger partial charge in [0.1, 0.15) is 11.1 Å². The van der Waals surface area contributed by atoms with E-state index in [1.165, 1.54) is 17.1 Å². The summed E-state index contributed by atoms with van der Waals surface area (Å²) in [6.07, 6.45) is 3.03. The van der Waals surface area contributed by atoms with Crippen molar-refractivity contribution in [3.8, 4) is 11.4 Å². The van der Waals surface area contributed by atoms with Gasteiger partial charge in [-0.2, -0.15) is 5.10 Å². The molecule has 3 aromatic rings. The van der Waals surface area contributed by atoms with E-state index in [0.29, 0.717) is 11.0 Å². The van der Waals surface area contributed by atoms with Crippen molar-refractivity contribution in [3.63, 3.8) is 0 Å². The van der Waals surface area contributed by atoms with Crippen molar-refractivity contribution in [2.75, 3.05) is 7.11 Å². The predicted octanol–water partition coefficient (Wildman–Crippen LogP) is 1.13. The number of aromatic nitrogens is 4. The van der Waals surface area contributed by atoms with Crippen LogP contribution in [-0.2, 0) is 7.05 Å². The molecule has 0 spiro atoms. The standard InChI is InChI=1S/C13H12N4O2/c1-16-8-14-12-11(13(16)18)7-15-17(12)9-3-5-10(19-2)6-4-9/h3-8H,1-2H3. The molecule has 0 N–H and O–H groups in total. The molecule has 0 amide bonds. The number of fused-ring (bicyclic) bond motifs is 1. The first-order valence-corrected chi connectivity index (χ1v) is 5.74. The van der Waals surface area contributed by atoms with Gasteiger partial charge in [0.2, 0.25) is 0 Å². The number of aryl methyl sites for hydroxylation is 1. The lowest BCUT2D eigenvalue weighted by atomic mass is 10.3. The van der Waals surface area contributed by atoms with Gasteiger partial charge in [-0.3, -0.25) is 4.79 Å². The largest absolute Gasteiger partial charge is 0.497 e. The van der Waals surface area contributed by atoms with Crippen LogP contribution in [0.1, 0.15) is 0 Å². The number of rotatable bonds is 2. The Morgan fingerprint density at radius 1 is 1.21 bits per heavy atom. The number of ether oxygens (including phenoxy) is 1. The molecule has 0 radical (unpaired) electrons. The molecule has 0 atom stereocenters. The summed E-state index contributed by atoms with van der Waals surface area (Å²) >= 11 is 0. The lowest BCUT2D eigenvalue weighted by Gasteiger charge is -2.04. The Kier molecular flexibility index (Phi) is 2.56. The van der Waals surface area contributed by atoms with Crippen LogP contribution in [0.3, 0.4) is 0 Å². The van der Waals surface area contributed by atoms with Gasteiger partial charge in [-0.25, -0.2) is 9.67 Å². The molecule has 6 heteroatoms. The molecule has 2 aromatic heterocycles. The van der Waals surface area contributed by atoms with E-state index in [4.69, 9.17) is 4.74 Å². The smallest absolute Gasteiger partial charge is 0.264 e. The SMILES string of the molecule is COc1ccc(-n2ncc3c(=O)n(C)cnc32)cc1. The fourth-order valence-corrected chi connectivity index (χ4v) is 1.91. The van der Waals surface area contributed by atoms with E-state index in [1.54, 1.807) is 18.8 Å². The first-order chi connectivity index (χ1) is 9.20. The molecule has 0 unspecified atom stereocenters. The molecule has 96 valence electrons. The quantitative estimate of drug-likeness (QED) is 0.689. The van der Waals surface area contributed by atoms with Crippen molar-refractivity contribution in [1.82, 2.24) is 19.3 Å². The molecule has 0 saturated heterocycles. The Balaban J connectivity index is 2.20. The molecule has 0 aliphatic carbocycles. The Morgan fingerprint density at radius 2 is 1.95 bits per heavy atom. The maximum atomic E-state index is 11.9. The second-order valence-electron chi connectivity index (χ2n) is 4.15. The van der Waals surface area contributed by atoms with Gasteiger partial charge in [0, 0.05) is 7.05 Å².